The molecule has 0 aliphatic carbocycles. The Morgan fingerprint density at radius 3 is 2.45 bits per heavy atom. The Morgan fingerprint density at radius 1 is 1.14 bits per heavy atom. The minimum Gasteiger partial charge on any atom is -0.383 e. The minimum atomic E-state index is -4.38. The van der Waals surface area contributed by atoms with E-state index in [-0.39, 0.29) is 11.5 Å². The van der Waals surface area contributed by atoms with Gasteiger partial charge in [0.1, 0.15) is 23.8 Å². The summed E-state index contributed by atoms with van der Waals surface area (Å²) >= 11 is 0. The summed E-state index contributed by atoms with van der Waals surface area (Å²) in [5, 5.41) is 0.435. The van der Waals surface area contributed by atoms with Gasteiger partial charge in [0.15, 0.2) is 0 Å². The van der Waals surface area contributed by atoms with Gasteiger partial charge in [0.25, 0.3) is 0 Å². The van der Waals surface area contributed by atoms with Gasteiger partial charge in [-0.2, -0.15) is 13.2 Å². The molecule has 4 nitrogen and oxygen atoms in total. The maximum atomic E-state index is 13.1. The fraction of sp³-hybridized carbons (Fsp3) is 0.200. The van der Waals surface area contributed by atoms with Crippen LogP contribution >= 0.6 is 0 Å². The Morgan fingerprint density at radius 2 is 1.82 bits per heavy atom. The molecule has 3 aromatic rings. The quantitative estimate of drug-likeness (QED) is 0.783. The van der Waals surface area contributed by atoms with Gasteiger partial charge in [-0.25, -0.2) is 9.97 Å². The largest absolute Gasteiger partial charge is 0.408 e. The summed E-state index contributed by atoms with van der Waals surface area (Å²) < 4.78 is 40.3. The van der Waals surface area contributed by atoms with Crippen LogP contribution in [0.25, 0.3) is 22.2 Å². The normalized spacial score (nSPS) is 13.5. The van der Waals surface area contributed by atoms with Gasteiger partial charge in [-0.15, -0.1) is 0 Å². The third-order valence-electron chi connectivity index (χ3n) is 3.61. The lowest BCUT2D eigenvalue weighted by Gasteiger charge is -2.17. The molecule has 2 N–H and O–H groups in total. The number of anilines is 1. The number of hydrogen-bond acceptors (Lipinski definition) is 3. The van der Waals surface area contributed by atoms with Crippen molar-refractivity contribution in [1.29, 1.82) is 0 Å². The molecule has 2 aromatic heterocycles. The Kier molecular flexibility index (Phi) is 3.27. The van der Waals surface area contributed by atoms with E-state index in [1.165, 1.54) is 12.5 Å². The highest BCUT2D eigenvalue weighted by atomic mass is 19.4. The smallest absolute Gasteiger partial charge is 0.383 e. The standard InChI is InChI=1S/C15H13F3N4/c1-9(15(16,17)18)22-7-11(10-5-3-2-4-6-10)12-13(19)20-8-21-14(12)22/h2-9H,1H3,(H2,19,20,21). The average Bonchev–Trinajstić information content (AvgIpc) is 2.87. The van der Waals surface area contributed by atoms with Crippen LogP contribution in [0.1, 0.15) is 13.0 Å². The van der Waals surface area contributed by atoms with Crippen molar-refractivity contribution in [3.8, 4) is 11.1 Å². The van der Waals surface area contributed by atoms with Crippen molar-refractivity contribution in [2.45, 2.75) is 19.1 Å². The van der Waals surface area contributed by atoms with Crippen molar-refractivity contribution < 1.29 is 13.2 Å². The van der Waals surface area contributed by atoms with E-state index in [1.807, 2.05) is 30.3 Å². The van der Waals surface area contributed by atoms with Gasteiger partial charge in [0, 0.05) is 11.8 Å². The summed E-state index contributed by atoms with van der Waals surface area (Å²) in [7, 11) is 0. The number of halogens is 3. The third kappa shape index (κ3) is 2.28. The monoisotopic (exact) mass is 306 g/mol. The second kappa shape index (κ2) is 5.01. The Bertz CT molecular complexity index is 809. The molecule has 114 valence electrons. The van der Waals surface area contributed by atoms with E-state index in [0.29, 0.717) is 10.9 Å². The number of alkyl halides is 3. The zero-order valence-corrected chi connectivity index (χ0v) is 11.7. The summed E-state index contributed by atoms with van der Waals surface area (Å²) in [5.74, 6) is 0.164. The molecule has 3 rings (SSSR count). The van der Waals surface area contributed by atoms with Crippen LogP contribution in [0.15, 0.2) is 42.9 Å². The highest BCUT2D eigenvalue weighted by Crippen LogP contribution is 2.38. The minimum absolute atomic E-state index is 0.164. The van der Waals surface area contributed by atoms with Gasteiger partial charge in [-0.1, -0.05) is 30.3 Å². The van der Waals surface area contributed by atoms with Crippen molar-refractivity contribution >= 4 is 16.9 Å². The van der Waals surface area contributed by atoms with E-state index >= 15 is 0 Å². The highest BCUT2D eigenvalue weighted by Gasteiger charge is 2.38. The van der Waals surface area contributed by atoms with Gasteiger partial charge in [0.2, 0.25) is 0 Å². The Balaban J connectivity index is 2.31. The second-order valence-corrected chi connectivity index (χ2v) is 4.99. The van der Waals surface area contributed by atoms with Gasteiger partial charge in [-0.3, -0.25) is 0 Å². The number of nitrogens with two attached hydrogens (primary N) is 1. The zero-order chi connectivity index (χ0) is 15.9. The number of nitrogens with zero attached hydrogens (tertiary/aromatic N) is 3. The predicted octanol–water partition coefficient (Wildman–Crippen LogP) is 3.80. The number of rotatable bonds is 2. The van der Waals surface area contributed by atoms with Gasteiger partial charge < -0.3 is 10.3 Å². The SMILES string of the molecule is CC(n1cc(-c2ccccc2)c2c(N)ncnc21)C(F)(F)F. The van der Waals surface area contributed by atoms with Crippen LogP contribution in [0.2, 0.25) is 0 Å². The molecule has 0 radical (unpaired) electrons. The molecule has 0 saturated heterocycles. The fourth-order valence-electron chi connectivity index (χ4n) is 2.40. The van der Waals surface area contributed by atoms with E-state index in [2.05, 4.69) is 9.97 Å². The van der Waals surface area contributed by atoms with E-state index in [4.69, 9.17) is 5.73 Å². The van der Waals surface area contributed by atoms with Crippen molar-refractivity contribution in [2.24, 2.45) is 0 Å². The van der Waals surface area contributed by atoms with E-state index < -0.39 is 12.2 Å². The predicted molar refractivity (Wildman–Crippen MR) is 78.1 cm³/mol. The zero-order valence-electron chi connectivity index (χ0n) is 11.7. The molecule has 0 saturated carbocycles. The molecule has 2 heterocycles. The number of fused-ring (bicyclic) bond motifs is 1. The molecular formula is C15H13F3N4. The lowest BCUT2D eigenvalue weighted by Crippen LogP contribution is -2.23. The summed E-state index contributed by atoms with van der Waals surface area (Å²) in [4.78, 5) is 7.90. The molecule has 0 amide bonds. The van der Waals surface area contributed by atoms with Crippen molar-refractivity contribution in [1.82, 2.24) is 14.5 Å². The number of benzene rings is 1. The van der Waals surface area contributed by atoms with Crippen LogP contribution in [0.5, 0.6) is 0 Å². The summed E-state index contributed by atoms with van der Waals surface area (Å²) in [6.07, 6.45) is -1.77. The van der Waals surface area contributed by atoms with Crippen molar-refractivity contribution in [2.75, 3.05) is 5.73 Å². The van der Waals surface area contributed by atoms with E-state index in [9.17, 15) is 13.2 Å². The fourth-order valence-corrected chi connectivity index (χ4v) is 2.40. The maximum Gasteiger partial charge on any atom is 0.408 e. The topological polar surface area (TPSA) is 56.7 Å². The molecule has 0 fully saturated rings. The van der Waals surface area contributed by atoms with E-state index in [1.54, 1.807) is 0 Å². The molecular weight excluding hydrogens is 293 g/mol. The molecule has 0 spiro atoms. The molecule has 1 aromatic carbocycles. The second-order valence-electron chi connectivity index (χ2n) is 4.99. The molecule has 0 aliphatic rings. The first-order chi connectivity index (χ1) is 10.4. The average molecular weight is 306 g/mol. The van der Waals surface area contributed by atoms with Crippen LogP contribution in [0, 0.1) is 0 Å². The molecule has 1 atom stereocenters. The van der Waals surface area contributed by atoms with Crippen LogP contribution in [0.3, 0.4) is 0 Å². The molecule has 7 heteroatoms. The first kappa shape index (κ1) is 14.4. The lowest BCUT2D eigenvalue weighted by molar-refractivity contribution is -0.162. The van der Waals surface area contributed by atoms with Crippen LogP contribution < -0.4 is 5.73 Å². The molecule has 0 bridgehead atoms. The number of aromatic nitrogens is 3. The van der Waals surface area contributed by atoms with Gasteiger partial charge >= 0.3 is 6.18 Å². The van der Waals surface area contributed by atoms with E-state index in [0.717, 1.165) is 17.1 Å². The number of hydrogen-bond donors (Lipinski definition) is 1. The van der Waals surface area contributed by atoms with Crippen molar-refractivity contribution in [3.63, 3.8) is 0 Å². The number of nitrogen functional groups attached to an aromatic ring is 1. The third-order valence-corrected chi connectivity index (χ3v) is 3.61. The first-order valence-corrected chi connectivity index (χ1v) is 6.62. The van der Waals surface area contributed by atoms with Crippen LogP contribution in [-0.2, 0) is 0 Å². The molecule has 22 heavy (non-hydrogen) atoms. The lowest BCUT2D eigenvalue weighted by atomic mass is 10.1. The molecule has 1 unspecified atom stereocenters. The van der Waals surface area contributed by atoms with Gasteiger partial charge in [-0.05, 0) is 12.5 Å². The maximum absolute atomic E-state index is 13.1. The van der Waals surface area contributed by atoms with Crippen molar-refractivity contribution in [3.05, 3.63) is 42.9 Å². The Hall–Kier alpha value is -2.57. The summed E-state index contributed by atoms with van der Waals surface area (Å²) in [6, 6.07) is 7.37. The highest BCUT2D eigenvalue weighted by molar-refractivity contribution is 6.00. The summed E-state index contributed by atoms with van der Waals surface area (Å²) in [6.45, 7) is 1.09. The molecule has 0 aliphatic heterocycles. The first-order valence-electron chi connectivity index (χ1n) is 6.62. The Labute approximate surface area is 124 Å². The summed E-state index contributed by atoms with van der Waals surface area (Å²) in [5.41, 5.74) is 7.40. The van der Waals surface area contributed by atoms with Crippen LogP contribution in [-0.4, -0.2) is 20.7 Å². The van der Waals surface area contributed by atoms with Gasteiger partial charge in [0.05, 0.1) is 5.39 Å². The van der Waals surface area contributed by atoms with Crippen LogP contribution in [0.4, 0.5) is 19.0 Å².